The molecule has 0 bridgehead atoms. The van der Waals surface area contributed by atoms with E-state index in [9.17, 15) is 4.79 Å². The number of hydrogen-bond donors (Lipinski definition) is 0. The summed E-state index contributed by atoms with van der Waals surface area (Å²) in [6, 6.07) is 0. The summed E-state index contributed by atoms with van der Waals surface area (Å²) in [5.74, 6) is 0.490. The Morgan fingerprint density at radius 3 is 3.07 bits per heavy atom. The van der Waals surface area contributed by atoms with Gasteiger partial charge in [-0.25, -0.2) is 0 Å². The largest absolute Gasteiger partial charge is 0.431 e. The molecular formula is C9H15ClO3S. The van der Waals surface area contributed by atoms with Gasteiger partial charge in [-0.15, -0.1) is 11.6 Å². The van der Waals surface area contributed by atoms with Gasteiger partial charge in [-0.2, -0.15) is 11.8 Å². The van der Waals surface area contributed by atoms with E-state index in [2.05, 4.69) is 0 Å². The number of carbonyl (C=O) groups is 1. The highest BCUT2D eigenvalue weighted by molar-refractivity contribution is 7.99. The second-order valence-corrected chi connectivity index (χ2v) is 5.19. The van der Waals surface area contributed by atoms with E-state index in [-0.39, 0.29) is 0 Å². The minimum atomic E-state index is -0.804. The lowest BCUT2D eigenvalue weighted by molar-refractivity contribution is -0.211. The van der Waals surface area contributed by atoms with Gasteiger partial charge in [0.15, 0.2) is 0 Å². The number of ether oxygens (including phenoxy) is 2. The minimum absolute atomic E-state index is 0.420. The summed E-state index contributed by atoms with van der Waals surface area (Å²) in [4.78, 5) is 11.3. The average molecular weight is 239 g/mol. The first-order chi connectivity index (χ1) is 6.53. The SMILES string of the molecule is CC(Cl)C(=O)OC1(C)CSCCCO1. The van der Waals surface area contributed by atoms with Crippen molar-refractivity contribution in [3.8, 4) is 0 Å². The molecule has 82 valence electrons. The van der Waals surface area contributed by atoms with Gasteiger partial charge in [-0.05, 0) is 19.1 Å². The topological polar surface area (TPSA) is 35.5 Å². The first kappa shape index (κ1) is 12.1. The highest BCUT2D eigenvalue weighted by Crippen LogP contribution is 2.24. The average Bonchev–Trinajstić information content (AvgIpc) is 2.30. The highest BCUT2D eigenvalue weighted by Gasteiger charge is 2.32. The van der Waals surface area contributed by atoms with Gasteiger partial charge in [-0.1, -0.05) is 0 Å². The maximum absolute atomic E-state index is 11.3. The first-order valence-corrected chi connectivity index (χ1v) is 6.21. The number of esters is 1. The van der Waals surface area contributed by atoms with E-state index < -0.39 is 17.1 Å². The second-order valence-electron chi connectivity index (χ2n) is 3.43. The van der Waals surface area contributed by atoms with Crippen LogP contribution in [0.15, 0.2) is 0 Å². The van der Waals surface area contributed by atoms with Crippen LogP contribution in [0.3, 0.4) is 0 Å². The van der Waals surface area contributed by atoms with Crippen LogP contribution >= 0.6 is 23.4 Å². The molecule has 0 aromatic rings. The number of thioether (sulfide) groups is 1. The molecule has 0 aromatic carbocycles. The molecule has 0 saturated carbocycles. The van der Waals surface area contributed by atoms with Crippen LogP contribution in [0.25, 0.3) is 0 Å². The third-order valence-corrected chi connectivity index (χ3v) is 3.33. The molecular weight excluding hydrogens is 224 g/mol. The van der Waals surface area contributed by atoms with Gasteiger partial charge in [0.05, 0.1) is 12.4 Å². The summed E-state index contributed by atoms with van der Waals surface area (Å²) < 4.78 is 10.7. The third kappa shape index (κ3) is 3.67. The van der Waals surface area contributed by atoms with Crippen molar-refractivity contribution in [3.63, 3.8) is 0 Å². The molecule has 1 fully saturated rings. The molecule has 0 aromatic heterocycles. The number of rotatable bonds is 2. The lowest BCUT2D eigenvalue weighted by Crippen LogP contribution is -2.38. The molecule has 0 aliphatic carbocycles. The Balaban J connectivity index is 2.50. The van der Waals surface area contributed by atoms with E-state index in [0.717, 1.165) is 12.2 Å². The standard InChI is InChI=1S/C9H15ClO3S/c1-7(10)8(11)13-9(2)6-14-5-3-4-12-9/h7H,3-6H2,1-2H3. The first-order valence-electron chi connectivity index (χ1n) is 4.62. The fourth-order valence-corrected chi connectivity index (χ4v) is 2.13. The summed E-state index contributed by atoms with van der Waals surface area (Å²) in [7, 11) is 0. The van der Waals surface area contributed by atoms with Crippen LogP contribution in [0.1, 0.15) is 20.3 Å². The number of carbonyl (C=O) groups excluding carboxylic acids is 1. The predicted molar refractivity (Wildman–Crippen MR) is 57.7 cm³/mol. The van der Waals surface area contributed by atoms with Crippen molar-refractivity contribution in [1.29, 1.82) is 0 Å². The Morgan fingerprint density at radius 1 is 1.71 bits per heavy atom. The Kier molecular flexibility index (Phi) is 4.54. The lowest BCUT2D eigenvalue weighted by atomic mass is 10.3. The molecule has 1 aliphatic rings. The Labute approximate surface area is 93.5 Å². The van der Waals surface area contributed by atoms with E-state index in [1.54, 1.807) is 25.6 Å². The van der Waals surface area contributed by atoms with Crippen LogP contribution in [0.2, 0.25) is 0 Å². The summed E-state index contributed by atoms with van der Waals surface area (Å²) in [6.07, 6.45) is 0.994. The number of halogens is 1. The fourth-order valence-electron chi connectivity index (χ4n) is 1.10. The summed E-state index contributed by atoms with van der Waals surface area (Å²) in [5, 5.41) is -0.622. The van der Waals surface area contributed by atoms with Crippen molar-refractivity contribution in [1.82, 2.24) is 0 Å². The maximum atomic E-state index is 11.3. The van der Waals surface area contributed by atoms with Gasteiger partial charge in [0, 0.05) is 6.92 Å². The summed E-state index contributed by atoms with van der Waals surface area (Å²) >= 11 is 7.34. The quantitative estimate of drug-likeness (QED) is 0.545. The molecule has 5 heteroatoms. The number of hydrogen-bond acceptors (Lipinski definition) is 4. The summed E-state index contributed by atoms with van der Waals surface area (Å²) in [6.45, 7) is 4.01. The Morgan fingerprint density at radius 2 is 2.43 bits per heavy atom. The van der Waals surface area contributed by atoms with Gasteiger partial charge in [0.2, 0.25) is 5.79 Å². The molecule has 1 heterocycles. The zero-order valence-corrected chi connectivity index (χ0v) is 9.99. The Bertz CT molecular complexity index is 200. The van der Waals surface area contributed by atoms with Gasteiger partial charge < -0.3 is 9.47 Å². The molecule has 3 nitrogen and oxygen atoms in total. The normalized spacial score (nSPS) is 30.5. The van der Waals surface area contributed by atoms with Crippen molar-refractivity contribution in [2.24, 2.45) is 0 Å². The fraction of sp³-hybridized carbons (Fsp3) is 0.889. The van der Waals surface area contributed by atoms with Crippen LogP contribution in [-0.2, 0) is 14.3 Å². The van der Waals surface area contributed by atoms with E-state index >= 15 is 0 Å². The van der Waals surface area contributed by atoms with Crippen LogP contribution in [0.5, 0.6) is 0 Å². The lowest BCUT2D eigenvalue weighted by Gasteiger charge is -2.27. The molecule has 0 N–H and O–H groups in total. The predicted octanol–water partition coefficient (Wildman–Crippen LogP) is 2.03. The summed E-state index contributed by atoms with van der Waals surface area (Å²) in [5.41, 5.74) is 0. The van der Waals surface area contributed by atoms with Crippen LogP contribution in [0, 0.1) is 0 Å². The molecule has 2 unspecified atom stereocenters. The molecule has 0 radical (unpaired) electrons. The zero-order chi connectivity index (χ0) is 10.6. The van der Waals surface area contributed by atoms with Crippen molar-refractivity contribution < 1.29 is 14.3 Å². The zero-order valence-electron chi connectivity index (χ0n) is 8.42. The minimum Gasteiger partial charge on any atom is -0.431 e. The third-order valence-electron chi connectivity index (χ3n) is 1.85. The molecule has 1 saturated heterocycles. The highest BCUT2D eigenvalue weighted by atomic mass is 35.5. The molecule has 1 aliphatic heterocycles. The molecule has 0 spiro atoms. The van der Waals surface area contributed by atoms with Crippen LogP contribution < -0.4 is 0 Å². The van der Waals surface area contributed by atoms with Crippen molar-refractivity contribution in [2.75, 3.05) is 18.1 Å². The monoisotopic (exact) mass is 238 g/mol. The molecule has 1 rings (SSSR count). The second kappa shape index (κ2) is 5.24. The molecule has 2 atom stereocenters. The van der Waals surface area contributed by atoms with Gasteiger partial charge in [-0.3, -0.25) is 4.79 Å². The molecule has 14 heavy (non-hydrogen) atoms. The van der Waals surface area contributed by atoms with Gasteiger partial charge in [0.1, 0.15) is 5.38 Å². The van der Waals surface area contributed by atoms with Crippen molar-refractivity contribution >= 4 is 29.3 Å². The van der Waals surface area contributed by atoms with Gasteiger partial charge in [0.25, 0.3) is 0 Å². The van der Waals surface area contributed by atoms with Crippen molar-refractivity contribution in [2.45, 2.75) is 31.4 Å². The Hall–Kier alpha value is 0.0700. The van der Waals surface area contributed by atoms with E-state index in [1.165, 1.54) is 0 Å². The van der Waals surface area contributed by atoms with E-state index in [1.807, 2.05) is 0 Å². The van der Waals surface area contributed by atoms with Crippen molar-refractivity contribution in [3.05, 3.63) is 0 Å². The van der Waals surface area contributed by atoms with Gasteiger partial charge >= 0.3 is 5.97 Å². The van der Waals surface area contributed by atoms with Crippen LogP contribution in [-0.4, -0.2) is 35.2 Å². The molecule has 0 amide bonds. The maximum Gasteiger partial charge on any atom is 0.326 e. The van der Waals surface area contributed by atoms with E-state index in [4.69, 9.17) is 21.1 Å². The van der Waals surface area contributed by atoms with Crippen LogP contribution in [0.4, 0.5) is 0 Å². The smallest absolute Gasteiger partial charge is 0.326 e. The number of alkyl halides is 1. The van der Waals surface area contributed by atoms with E-state index in [0.29, 0.717) is 12.4 Å².